The molecule has 6 rings (SSSR count). The first-order valence-corrected chi connectivity index (χ1v) is 17.8. The van der Waals surface area contributed by atoms with E-state index in [1.165, 1.54) is 31.4 Å². The number of hydrogen-bond donors (Lipinski definition) is 4. The molecule has 0 saturated carbocycles. The molecule has 298 valence electrons. The number of alkyl halides is 6. The van der Waals surface area contributed by atoms with Gasteiger partial charge in [-0.05, 0) is 78.1 Å². The first-order chi connectivity index (χ1) is 26.9. The van der Waals surface area contributed by atoms with Crippen molar-refractivity contribution in [1.29, 1.82) is 0 Å². The molecule has 4 aromatic carbocycles. The second-order valence-corrected chi connectivity index (χ2v) is 13.9. The highest BCUT2D eigenvalue weighted by atomic mass is 32.1. The Bertz CT molecular complexity index is 2370. The topological polar surface area (TPSA) is 143 Å². The largest absolute Gasteiger partial charge is 0.496 e. The van der Waals surface area contributed by atoms with Crippen molar-refractivity contribution in [2.45, 2.75) is 31.2 Å². The van der Waals surface area contributed by atoms with Gasteiger partial charge in [-0.15, -0.1) is 11.3 Å². The Hall–Kier alpha value is -6.01. The lowest BCUT2D eigenvalue weighted by Gasteiger charge is -2.24. The maximum Gasteiger partial charge on any atom is 0.419 e. The number of methoxy groups -OCH3 is 1. The third-order valence-corrected chi connectivity index (χ3v) is 10.3. The SMILES string of the molecule is COc1ccc(-c2cccc(C(NC(=O)C3CCOCC3)C(=O)O)c2)cc1C(=O)Nc1c(C(=O)Nc2ccc(F)c(C(F)(F)F)c2)sc2cc(C(F)(F)F)ccc12. The summed E-state index contributed by atoms with van der Waals surface area (Å²) in [5.41, 5.74) is -2.60. The minimum atomic E-state index is -5.11. The van der Waals surface area contributed by atoms with Gasteiger partial charge in [-0.25, -0.2) is 9.18 Å². The minimum Gasteiger partial charge on any atom is -0.496 e. The van der Waals surface area contributed by atoms with Crippen molar-refractivity contribution in [3.63, 3.8) is 0 Å². The molecule has 0 aliphatic carbocycles. The average Bonchev–Trinajstić information content (AvgIpc) is 3.54. The van der Waals surface area contributed by atoms with Gasteiger partial charge >= 0.3 is 18.3 Å². The molecule has 18 heteroatoms. The fourth-order valence-electron chi connectivity index (χ4n) is 6.22. The highest BCUT2D eigenvalue weighted by Gasteiger charge is 2.35. The maximum absolute atomic E-state index is 14.0. The highest BCUT2D eigenvalue weighted by molar-refractivity contribution is 7.21. The van der Waals surface area contributed by atoms with Crippen molar-refractivity contribution in [1.82, 2.24) is 5.32 Å². The number of aliphatic carboxylic acids is 1. The Labute approximate surface area is 322 Å². The number of fused-ring (bicyclic) bond motifs is 1. The molecular formula is C39H30F7N3O7S. The zero-order valence-corrected chi connectivity index (χ0v) is 30.3. The quantitative estimate of drug-likeness (QED) is 0.103. The Morgan fingerprint density at radius 2 is 1.56 bits per heavy atom. The van der Waals surface area contributed by atoms with E-state index in [4.69, 9.17) is 9.47 Å². The first-order valence-electron chi connectivity index (χ1n) is 17.0. The lowest BCUT2D eigenvalue weighted by molar-refractivity contribution is -0.143. The smallest absolute Gasteiger partial charge is 0.419 e. The summed E-state index contributed by atoms with van der Waals surface area (Å²) in [5, 5.41) is 17.3. The molecule has 1 aliphatic rings. The van der Waals surface area contributed by atoms with Gasteiger partial charge in [0.05, 0.1) is 29.5 Å². The second-order valence-electron chi connectivity index (χ2n) is 12.8. The molecular weight excluding hydrogens is 787 g/mol. The van der Waals surface area contributed by atoms with Crippen LogP contribution in [0, 0.1) is 11.7 Å². The van der Waals surface area contributed by atoms with Gasteiger partial charge in [0.25, 0.3) is 11.8 Å². The minimum absolute atomic E-state index is 0.00748. The van der Waals surface area contributed by atoms with Gasteiger partial charge in [0.15, 0.2) is 6.04 Å². The fraction of sp³-hybridized carbons (Fsp3) is 0.231. The lowest BCUT2D eigenvalue weighted by atomic mass is 9.96. The summed E-state index contributed by atoms with van der Waals surface area (Å²) in [6.07, 6.45) is -9.01. The van der Waals surface area contributed by atoms with Gasteiger partial charge in [-0.3, -0.25) is 14.4 Å². The van der Waals surface area contributed by atoms with Crippen LogP contribution >= 0.6 is 11.3 Å². The number of hydrogen-bond acceptors (Lipinski definition) is 7. The molecule has 0 bridgehead atoms. The summed E-state index contributed by atoms with van der Waals surface area (Å²) in [5.74, 6) is -5.77. The second kappa shape index (κ2) is 16.2. The zero-order chi connectivity index (χ0) is 41.2. The van der Waals surface area contributed by atoms with Crippen molar-refractivity contribution in [3.8, 4) is 16.9 Å². The van der Waals surface area contributed by atoms with Crippen LogP contribution in [0.5, 0.6) is 5.75 Å². The van der Waals surface area contributed by atoms with E-state index in [1.807, 2.05) is 0 Å². The normalized spacial score (nSPS) is 14.2. The predicted molar refractivity (Wildman–Crippen MR) is 195 cm³/mol. The number of rotatable bonds is 10. The van der Waals surface area contributed by atoms with Crippen LogP contribution < -0.4 is 20.7 Å². The first kappa shape index (κ1) is 40.6. The molecule has 10 nitrogen and oxygen atoms in total. The van der Waals surface area contributed by atoms with Crippen LogP contribution in [-0.2, 0) is 26.7 Å². The van der Waals surface area contributed by atoms with Crippen molar-refractivity contribution in [2.75, 3.05) is 31.0 Å². The van der Waals surface area contributed by atoms with Crippen molar-refractivity contribution >= 4 is 56.5 Å². The molecule has 5 aromatic rings. The molecule has 1 fully saturated rings. The lowest BCUT2D eigenvalue weighted by Crippen LogP contribution is -2.39. The van der Waals surface area contributed by atoms with Crippen LogP contribution in [-0.4, -0.2) is 49.1 Å². The predicted octanol–water partition coefficient (Wildman–Crippen LogP) is 8.93. The standard InChI is InChI=1S/C39H30F7N3O7S/c1-55-29-10-5-21(20-3-2-4-22(15-20)31(37(53)54)48-34(50)19-11-13-56-14-12-19)16-26(29)35(51)49-32-25-8-6-23(38(41,42)43)17-30(25)57-33(32)36(52)47-24-7-9-28(40)27(18-24)39(44,45)46/h2-10,15-19,31H,11-14H2,1H3,(H,47,52)(H,48,50)(H,49,51)(H,53,54). The number of carbonyl (C=O) groups excluding carboxylic acids is 3. The summed E-state index contributed by atoms with van der Waals surface area (Å²) < 4.78 is 106. The van der Waals surface area contributed by atoms with E-state index >= 15 is 0 Å². The molecule has 0 spiro atoms. The van der Waals surface area contributed by atoms with E-state index in [0.29, 0.717) is 60.7 Å². The van der Waals surface area contributed by atoms with E-state index in [-0.39, 0.29) is 37.5 Å². The Morgan fingerprint density at radius 3 is 2.23 bits per heavy atom. The number of carboxylic acids is 1. The number of halogens is 7. The van der Waals surface area contributed by atoms with Gasteiger partial charge in [0, 0.05) is 34.9 Å². The van der Waals surface area contributed by atoms with Crippen LogP contribution in [0.3, 0.4) is 0 Å². The third-order valence-electron chi connectivity index (χ3n) is 9.11. The maximum atomic E-state index is 14.0. The molecule has 1 saturated heterocycles. The molecule has 57 heavy (non-hydrogen) atoms. The molecule has 1 unspecified atom stereocenters. The Balaban J connectivity index is 1.34. The zero-order valence-electron chi connectivity index (χ0n) is 29.4. The van der Waals surface area contributed by atoms with Crippen LogP contribution in [0.25, 0.3) is 21.2 Å². The Kier molecular flexibility index (Phi) is 11.6. The molecule has 4 N–H and O–H groups in total. The average molecular weight is 818 g/mol. The highest BCUT2D eigenvalue weighted by Crippen LogP contribution is 2.41. The van der Waals surface area contributed by atoms with Crippen molar-refractivity contribution in [3.05, 3.63) is 112 Å². The number of carbonyl (C=O) groups is 4. The number of carboxylic acid groups (broad SMARTS) is 1. The summed E-state index contributed by atoms with van der Waals surface area (Å²) in [6, 6.07) is 13.4. The van der Waals surface area contributed by atoms with Crippen molar-refractivity contribution < 1.29 is 64.5 Å². The summed E-state index contributed by atoms with van der Waals surface area (Å²) in [6.45, 7) is 0.744. The van der Waals surface area contributed by atoms with Crippen LogP contribution in [0.2, 0.25) is 0 Å². The van der Waals surface area contributed by atoms with Crippen LogP contribution in [0.4, 0.5) is 42.1 Å². The third kappa shape index (κ3) is 9.02. The number of benzene rings is 4. The number of anilines is 2. The van der Waals surface area contributed by atoms with E-state index in [9.17, 15) is 55.0 Å². The number of ether oxygens (including phenoxy) is 2. The molecule has 3 amide bonds. The molecule has 2 heterocycles. The monoisotopic (exact) mass is 817 g/mol. The van der Waals surface area contributed by atoms with Gasteiger partial charge in [0.1, 0.15) is 16.4 Å². The van der Waals surface area contributed by atoms with E-state index < -0.39 is 70.6 Å². The van der Waals surface area contributed by atoms with E-state index in [0.717, 1.165) is 24.3 Å². The summed E-state index contributed by atoms with van der Waals surface area (Å²) in [7, 11) is 1.26. The van der Waals surface area contributed by atoms with Crippen LogP contribution in [0.1, 0.15) is 55.6 Å². The van der Waals surface area contributed by atoms with Gasteiger partial charge < -0.3 is 30.5 Å². The molecule has 1 atom stereocenters. The fourth-order valence-corrected chi connectivity index (χ4v) is 7.31. The summed E-state index contributed by atoms with van der Waals surface area (Å²) >= 11 is 0.523. The molecule has 0 radical (unpaired) electrons. The van der Waals surface area contributed by atoms with E-state index in [1.54, 1.807) is 18.2 Å². The van der Waals surface area contributed by atoms with Gasteiger partial charge in [0.2, 0.25) is 5.91 Å². The van der Waals surface area contributed by atoms with Gasteiger partial charge in [-0.1, -0.05) is 30.3 Å². The van der Waals surface area contributed by atoms with Crippen molar-refractivity contribution in [2.24, 2.45) is 5.92 Å². The van der Waals surface area contributed by atoms with E-state index in [2.05, 4.69) is 16.0 Å². The number of amides is 3. The number of thiophene rings is 1. The van der Waals surface area contributed by atoms with Crippen LogP contribution in [0.15, 0.2) is 78.9 Å². The Morgan fingerprint density at radius 1 is 0.842 bits per heavy atom. The van der Waals surface area contributed by atoms with Gasteiger partial charge in [-0.2, -0.15) is 26.3 Å². The summed E-state index contributed by atoms with van der Waals surface area (Å²) in [4.78, 5) is 52.4. The molecule has 1 aromatic heterocycles. The number of nitrogens with one attached hydrogen (secondary N) is 3. The molecule has 1 aliphatic heterocycles.